The Balaban J connectivity index is 1.02. The van der Waals surface area contributed by atoms with E-state index in [1.54, 1.807) is 12.1 Å². The summed E-state index contributed by atoms with van der Waals surface area (Å²) in [5.41, 5.74) is 3.46. The van der Waals surface area contributed by atoms with Crippen LogP contribution in [0, 0.1) is 11.8 Å². The molecule has 8 rings (SSSR count). The highest BCUT2D eigenvalue weighted by atomic mass is 35.5. The normalized spacial score (nSPS) is 20.1. The van der Waals surface area contributed by atoms with Crippen LogP contribution < -0.4 is 14.8 Å². The van der Waals surface area contributed by atoms with E-state index < -0.39 is 24.7 Å². The van der Waals surface area contributed by atoms with Crippen molar-refractivity contribution < 1.29 is 37.3 Å². The lowest BCUT2D eigenvalue weighted by Crippen LogP contribution is -2.52. The van der Waals surface area contributed by atoms with Gasteiger partial charge < -0.3 is 18.9 Å². The fourth-order valence-corrected chi connectivity index (χ4v) is 7.69. The molecule has 1 saturated carbocycles. The van der Waals surface area contributed by atoms with E-state index in [-0.39, 0.29) is 36.4 Å². The van der Waals surface area contributed by atoms with Gasteiger partial charge in [-0.05, 0) is 90.6 Å². The van der Waals surface area contributed by atoms with Gasteiger partial charge in [-0.25, -0.2) is 4.79 Å². The molecular formula is C42H43Cl2F2N3O6. The third-order valence-corrected chi connectivity index (χ3v) is 11.1. The Kier molecular flexibility index (Phi) is 12.8. The summed E-state index contributed by atoms with van der Waals surface area (Å²) in [6.07, 6.45) is 6.08. The number of rotatable bonds is 17. The number of hydrogen-bond acceptors (Lipinski definition) is 9. The minimum atomic E-state index is -3.04. The smallest absolute Gasteiger partial charge is 0.387 e. The number of pyridine rings is 1. The quantitative estimate of drug-likeness (QED) is 0.106. The Bertz CT molecular complexity index is 1910. The first-order chi connectivity index (χ1) is 26.7. The number of esters is 2. The number of fused-ring (bicyclic) bond motifs is 3. The Morgan fingerprint density at radius 3 is 2.24 bits per heavy atom. The summed E-state index contributed by atoms with van der Waals surface area (Å²) in [4.78, 5) is 33.4. The van der Waals surface area contributed by atoms with E-state index in [9.17, 15) is 18.4 Å². The number of nitrogens with one attached hydrogen (secondary N) is 1. The minimum absolute atomic E-state index is 0.0435. The average molecular weight is 795 g/mol. The Morgan fingerprint density at radius 1 is 0.873 bits per heavy atom. The summed E-state index contributed by atoms with van der Waals surface area (Å²) < 4.78 is 49.2. The summed E-state index contributed by atoms with van der Waals surface area (Å²) in [6.45, 7) is 0.624. The third-order valence-electron chi connectivity index (χ3n) is 10.5. The first-order valence-corrected chi connectivity index (χ1v) is 19.4. The molecule has 9 nitrogen and oxygen atoms in total. The first kappa shape index (κ1) is 39.0. The summed E-state index contributed by atoms with van der Waals surface area (Å²) in [5.74, 6) is -0.0300. The molecule has 3 aromatic carbocycles. The van der Waals surface area contributed by atoms with Gasteiger partial charge in [0.05, 0.1) is 23.1 Å². The zero-order valence-electron chi connectivity index (χ0n) is 30.2. The summed E-state index contributed by atoms with van der Waals surface area (Å²) >= 11 is 12.9. The van der Waals surface area contributed by atoms with Gasteiger partial charge in [0.25, 0.3) is 0 Å². The topological polar surface area (TPSA) is 99.2 Å². The fourth-order valence-electron chi connectivity index (χ4n) is 7.18. The van der Waals surface area contributed by atoms with Crippen LogP contribution in [0.1, 0.15) is 65.6 Å². The molecule has 0 amide bonds. The molecule has 0 radical (unpaired) electrons. The van der Waals surface area contributed by atoms with Crippen LogP contribution in [0.15, 0.2) is 85.2 Å². The summed E-state index contributed by atoms with van der Waals surface area (Å²) in [6, 6.07) is 20.9. The zero-order chi connectivity index (χ0) is 38.3. The molecule has 1 aliphatic carbocycles. The van der Waals surface area contributed by atoms with Gasteiger partial charge in [0.2, 0.25) is 0 Å². The van der Waals surface area contributed by atoms with E-state index in [0.29, 0.717) is 51.7 Å². The van der Waals surface area contributed by atoms with Gasteiger partial charge >= 0.3 is 18.6 Å². The van der Waals surface area contributed by atoms with Crippen LogP contribution in [0.5, 0.6) is 11.5 Å². The molecule has 2 bridgehead atoms. The van der Waals surface area contributed by atoms with Gasteiger partial charge in [0.15, 0.2) is 11.5 Å². The number of alkyl halides is 2. The van der Waals surface area contributed by atoms with Gasteiger partial charge in [-0.2, -0.15) is 8.78 Å². The molecule has 3 aliphatic heterocycles. The summed E-state index contributed by atoms with van der Waals surface area (Å²) in [7, 11) is 0. The molecule has 0 spiro atoms. The second kappa shape index (κ2) is 18.1. The number of carbonyl (C=O) groups excluding carboxylic acids is 2. The zero-order valence-corrected chi connectivity index (χ0v) is 31.7. The van der Waals surface area contributed by atoms with E-state index >= 15 is 0 Å². The largest absolute Gasteiger partial charge is 0.489 e. The molecule has 4 heterocycles. The van der Waals surface area contributed by atoms with Crippen LogP contribution in [-0.2, 0) is 38.4 Å². The van der Waals surface area contributed by atoms with Crippen molar-refractivity contribution in [2.24, 2.45) is 11.8 Å². The second-order valence-corrected chi connectivity index (χ2v) is 15.2. The predicted molar refractivity (Wildman–Crippen MR) is 203 cm³/mol. The lowest BCUT2D eigenvalue weighted by Gasteiger charge is -2.44. The Hall–Kier alpha value is -4.29. The monoisotopic (exact) mass is 793 g/mol. The number of ether oxygens (including phenoxy) is 4. The number of hydrogen-bond donors (Lipinski definition) is 1. The number of carbonyl (C=O) groups is 2. The highest BCUT2D eigenvalue weighted by Gasteiger charge is 2.38. The number of halogens is 4. The maximum absolute atomic E-state index is 13.6. The van der Waals surface area contributed by atoms with Crippen molar-refractivity contribution in [1.82, 2.24) is 15.2 Å². The van der Waals surface area contributed by atoms with Gasteiger partial charge in [-0.15, -0.1) is 0 Å². The molecule has 3 saturated heterocycles. The lowest BCUT2D eigenvalue weighted by atomic mass is 9.86. The molecule has 1 aromatic heterocycles. The van der Waals surface area contributed by atoms with Gasteiger partial charge in [0.1, 0.15) is 18.2 Å². The molecule has 1 unspecified atom stereocenters. The van der Waals surface area contributed by atoms with Crippen LogP contribution in [-0.4, -0.2) is 60.8 Å². The molecular weight excluding hydrogens is 751 g/mol. The van der Waals surface area contributed by atoms with Gasteiger partial charge in [-0.3, -0.25) is 20.0 Å². The molecule has 1 N–H and O–H groups in total. The number of aromatic nitrogens is 1. The maximum Gasteiger partial charge on any atom is 0.387 e. The van der Waals surface area contributed by atoms with Crippen LogP contribution in [0.2, 0.25) is 10.0 Å². The van der Waals surface area contributed by atoms with Crippen molar-refractivity contribution in [2.75, 3.05) is 26.2 Å². The van der Waals surface area contributed by atoms with Crippen molar-refractivity contribution in [3.63, 3.8) is 0 Å². The van der Waals surface area contributed by atoms with Gasteiger partial charge in [0, 0.05) is 31.9 Å². The second-order valence-electron chi connectivity index (χ2n) is 14.4. The first-order valence-electron chi connectivity index (χ1n) is 18.7. The Morgan fingerprint density at radius 2 is 1.58 bits per heavy atom. The van der Waals surface area contributed by atoms with Crippen molar-refractivity contribution >= 4 is 35.1 Å². The van der Waals surface area contributed by atoms with Crippen LogP contribution in [0.3, 0.4) is 0 Å². The van der Waals surface area contributed by atoms with Crippen LogP contribution in [0.25, 0.3) is 0 Å². The van der Waals surface area contributed by atoms with E-state index in [1.807, 2.05) is 54.6 Å². The highest BCUT2D eigenvalue weighted by molar-refractivity contribution is 6.35. The standard InChI is InChI=1S/C42H43Cl2F2N3O6/c43-33-22-47-23-34(44)32(33)20-36(31-12-13-35(55-42(45)46)37(19-31)52-25-28-10-11-28)53-39(50)18-26-6-8-27(9-7-26)21-48-40(30-4-2-1-3-5-30)41(51)54-38-24-49-16-14-29(38)15-17-49/h1-9,12-13,19,22-23,28-29,36,38,40,42,48H,10-11,14-18,20-21,24-25H2/t36-,38-,40?/m0/s1. The van der Waals surface area contributed by atoms with E-state index in [0.717, 1.165) is 56.4 Å². The average Bonchev–Trinajstić information content (AvgIpc) is 4.02. The minimum Gasteiger partial charge on any atom is -0.489 e. The van der Waals surface area contributed by atoms with Gasteiger partial charge in [-0.1, -0.05) is 83.9 Å². The van der Waals surface area contributed by atoms with E-state index in [2.05, 4.69) is 15.2 Å². The summed E-state index contributed by atoms with van der Waals surface area (Å²) in [5, 5.41) is 3.98. The SMILES string of the molecule is O=C(Cc1ccc(CNC(C(=O)O[C@H]2CN3CCC2CC3)c2ccccc2)cc1)O[C@@H](Cc1c(Cl)cncc1Cl)c1ccc(OC(F)F)c(OCC2CC2)c1. The molecule has 4 aliphatic rings. The number of benzene rings is 3. The molecule has 4 fully saturated rings. The van der Waals surface area contributed by atoms with Crippen molar-refractivity contribution in [2.45, 2.75) is 69.9 Å². The lowest BCUT2D eigenvalue weighted by molar-refractivity contribution is -0.161. The third kappa shape index (κ3) is 10.5. The molecule has 290 valence electrons. The van der Waals surface area contributed by atoms with Crippen molar-refractivity contribution in [3.05, 3.63) is 123 Å². The van der Waals surface area contributed by atoms with E-state index in [4.69, 9.17) is 42.1 Å². The van der Waals surface area contributed by atoms with Crippen molar-refractivity contribution in [3.8, 4) is 11.5 Å². The maximum atomic E-state index is 13.6. The predicted octanol–water partition coefficient (Wildman–Crippen LogP) is 8.32. The van der Waals surface area contributed by atoms with E-state index in [1.165, 1.54) is 18.5 Å². The van der Waals surface area contributed by atoms with Crippen molar-refractivity contribution in [1.29, 1.82) is 0 Å². The number of piperidine rings is 3. The number of nitrogens with zero attached hydrogens (tertiary/aromatic N) is 2. The van der Waals surface area contributed by atoms with Crippen LogP contribution >= 0.6 is 23.2 Å². The van der Waals surface area contributed by atoms with Crippen LogP contribution in [0.4, 0.5) is 8.78 Å². The molecule has 13 heteroatoms. The highest BCUT2D eigenvalue weighted by Crippen LogP contribution is 2.38. The fraction of sp³-hybridized carbons (Fsp3) is 0.405. The molecule has 3 atom stereocenters. The Labute approximate surface area is 329 Å². The molecule has 4 aromatic rings. The molecule has 55 heavy (non-hydrogen) atoms.